The van der Waals surface area contributed by atoms with Crippen LogP contribution in [0.5, 0.6) is 0 Å². The van der Waals surface area contributed by atoms with Crippen molar-refractivity contribution < 1.29 is 32.6 Å². The van der Waals surface area contributed by atoms with E-state index in [0.29, 0.717) is 16.8 Å². The summed E-state index contributed by atoms with van der Waals surface area (Å²) in [7, 11) is -2.42. The lowest BCUT2D eigenvalue weighted by molar-refractivity contribution is -0.134. The van der Waals surface area contributed by atoms with Crippen LogP contribution in [0.25, 0.3) is 11.3 Å². The summed E-state index contributed by atoms with van der Waals surface area (Å²) >= 11 is 0. The van der Waals surface area contributed by atoms with Gasteiger partial charge in [-0.05, 0) is 48.0 Å². The van der Waals surface area contributed by atoms with E-state index in [0.717, 1.165) is 0 Å². The molecule has 0 fully saturated rings. The Morgan fingerprint density at radius 1 is 1.12 bits per heavy atom. The highest BCUT2D eigenvalue weighted by Gasteiger charge is 2.22. The second-order valence-corrected chi connectivity index (χ2v) is 8.97. The van der Waals surface area contributed by atoms with Crippen molar-refractivity contribution in [1.82, 2.24) is 15.1 Å². The molecule has 0 saturated heterocycles. The van der Waals surface area contributed by atoms with Crippen molar-refractivity contribution in [3.05, 3.63) is 71.7 Å². The molecule has 1 heterocycles. The first-order chi connectivity index (χ1) is 15.1. The highest BCUT2D eigenvalue weighted by atomic mass is 32.2. The summed E-state index contributed by atoms with van der Waals surface area (Å²) in [5.41, 5.74) is 1.71. The van der Waals surface area contributed by atoms with Gasteiger partial charge in [0.15, 0.2) is 15.6 Å². The SMILES string of the molecule is Cn1nc(-c2ccc(F)cc2)cc1C(=O)NC(CO)c1ccc(S(=O)(=O)CC(=O)O)cc1. The Hall–Kier alpha value is -3.57. The van der Waals surface area contributed by atoms with Crippen LogP contribution in [-0.2, 0) is 21.7 Å². The third-order valence-corrected chi connectivity index (χ3v) is 6.31. The number of amides is 1. The van der Waals surface area contributed by atoms with Gasteiger partial charge in [-0.25, -0.2) is 12.8 Å². The molecule has 1 aromatic heterocycles. The minimum absolute atomic E-state index is 0.178. The molecule has 3 N–H and O–H groups in total. The maximum absolute atomic E-state index is 13.1. The van der Waals surface area contributed by atoms with Gasteiger partial charge in [-0.3, -0.25) is 14.3 Å². The minimum atomic E-state index is -3.99. The van der Waals surface area contributed by atoms with Crippen molar-refractivity contribution in [3.8, 4) is 11.3 Å². The normalized spacial score (nSPS) is 12.3. The molecule has 32 heavy (non-hydrogen) atoms. The first-order valence-electron chi connectivity index (χ1n) is 9.37. The molecule has 0 bridgehead atoms. The van der Waals surface area contributed by atoms with Crippen LogP contribution >= 0.6 is 0 Å². The number of carboxylic acids is 1. The lowest BCUT2D eigenvalue weighted by Gasteiger charge is -2.17. The number of halogens is 1. The number of aliphatic hydroxyl groups excluding tert-OH is 1. The molecule has 0 radical (unpaired) electrons. The van der Waals surface area contributed by atoms with Crippen LogP contribution in [0.4, 0.5) is 4.39 Å². The average Bonchev–Trinajstić information content (AvgIpc) is 3.13. The number of nitrogens with one attached hydrogen (secondary N) is 1. The number of carbonyl (C=O) groups is 2. The molecule has 0 spiro atoms. The van der Waals surface area contributed by atoms with Crippen LogP contribution in [0, 0.1) is 5.82 Å². The number of sulfone groups is 1. The van der Waals surface area contributed by atoms with Crippen molar-refractivity contribution in [2.75, 3.05) is 12.4 Å². The Bertz CT molecular complexity index is 1240. The Balaban J connectivity index is 1.78. The first kappa shape index (κ1) is 23.1. The van der Waals surface area contributed by atoms with E-state index in [1.54, 1.807) is 7.05 Å². The molecule has 11 heteroatoms. The Morgan fingerprint density at radius 3 is 2.31 bits per heavy atom. The zero-order valence-corrected chi connectivity index (χ0v) is 17.7. The standard InChI is InChI=1S/C21H20FN3O6S/c1-25-19(10-17(24-25)13-2-6-15(22)7-3-13)21(29)23-18(11-26)14-4-8-16(9-5-14)32(30,31)12-20(27)28/h2-10,18,26H,11-12H2,1H3,(H,23,29)(H,27,28). The topological polar surface area (TPSA) is 139 Å². The van der Waals surface area contributed by atoms with Gasteiger partial charge in [0.05, 0.1) is 23.2 Å². The third-order valence-electron chi connectivity index (χ3n) is 4.70. The molecular formula is C21H20FN3O6S. The quantitative estimate of drug-likeness (QED) is 0.463. The maximum Gasteiger partial charge on any atom is 0.319 e. The summed E-state index contributed by atoms with van der Waals surface area (Å²) < 4.78 is 38.5. The molecule has 3 aromatic rings. The van der Waals surface area contributed by atoms with Crippen LogP contribution in [0.2, 0.25) is 0 Å². The zero-order chi connectivity index (χ0) is 23.5. The number of benzene rings is 2. The van der Waals surface area contributed by atoms with Gasteiger partial charge >= 0.3 is 5.97 Å². The predicted molar refractivity (Wildman–Crippen MR) is 112 cm³/mol. The van der Waals surface area contributed by atoms with Crippen LogP contribution in [-0.4, -0.2) is 52.6 Å². The van der Waals surface area contributed by atoms with Crippen LogP contribution < -0.4 is 5.32 Å². The van der Waals surface area contributed by atoms with Gasteiger partial charge in [-0.1, -0.05) is 12.1 Å². The fourth-order valence-corrected chi connectivity index (χ4v) is 4.10. The Kier molecular flexibility index (Phi) is 6.70. The molecule has 0 aliphatic heterocycles. The molecule has 1 atom stereocenters. The van der Waals surface area contributed by atoms with Gasteiger partial charge in [-0.2, -0.15) is 5.10 Å². The smallest absolute Gasteiger partial charge is 0.319 e. The Labute approximate surface area is 183 Å². The van der Waals surface area contributed by atoms with Crippen LogP contribution in [0.15, 0.2) is 59.5 Å². The summed E-state index contributed by atoms with van der Waals surface area (Å²) in [6, 6.07) is 11.6. The van der Waals surface area contributed by atoms with Gasteiger partial charge in [0.1, 0.15) is 11.5 Å². The fourth-order valence-electron chi connectivity index (χ4n) is 3.06. The lowest BCUT2D eigenvalue weighted by atomic mass is 10.1. The van der Waals surface area contributed by atoms with Gasteiger partial charge in [0.2, 0.25) is 0 Å². The number of aliphatic hydroxyl groups is 1. The van der Waals surface area contributed by atoms with Gasteiger partial charge in [0, 0.05) is 12.6 Å². The summed E-state index contributed by atoms with van der Waals surface area (Å²) in [4.78, 5) is 23.3. The van der Waals surface area contributed by atoms with E-state index >= 15 is 0 Å². The molecule has 1 amide bonds. The molecular weight excluding hydrogens is 441 g/mol. The second-order valence-electron chi connectivity index (χ2n) is 6.98. The molecule has 0 aliphatic rings. The molecule has 2 aromatic carbocycles. The molecule has 1 unspecified atom stereocenters. The van der Waals surface area contributed by atoms with Gasteiger partial charge < -0.3 is 15.5 Å². The maximum atomic E-state index is 13.1. The molecule has 168 valence electrons. The van der Waals surface area contributed by atoms with E-state index in [4.69, 9.17) is 5.11 Å². The largest absolute Gasteiger partial charge is 0.480 e. The third kappa shape index (κ3) is 5.18. The second kappa shape index (κ2) is 9.28. The summed E-state index contributed by atoms with van der Waals surface area (Å²) in [5, 5.41) is 25.4. The zero-order valence-electron chi connectivity index (χ0n) is 16.9. The highest BCUT2D eigenvalue weighted by Crippen LogP contribution is 2.21. The monoisotopic (exact) mass is 461 g/mol. The average molecular weight is 461 g/mol. The van der Waals surface area contributed by atoms with Crippen molar-refractivity contribution >= 4 is 21.7 Å². The van der Waals surface area contributed by atoms with E-state index in [9.17, 15) is 27.5 Å². The van der Waals surface area contributed by atoms with Crippen molar-refractivity contribution in [1.29, 1.82) is 0 Å². The van der Waals surface area contributed by atoms with Gasteiger partial charge in [-0.15, -0.1) is 0 Å². The van der Waals surface area contributed by atoms with Crippen molar-refractivity contribution in [2.45, 2.75) is 10.9 Å². The predicted octanol–water partition coefficient (Wildman–Crippen LogP) is 1.55. The first-order valence-corrected chi connectivity index (χ1v) is 11.0. The molecule has 9 nitrogen and oxygen atoms in total. The number of aromatic nitrogens is 2. The fraction of sp³-hybridized carbons (Fsp3) is 0.190. The van der Waals surface area contributed by atoms with Crippen molar-refractivity contribution in [3.63, 3.8) is 0 Å². The van der Waals surface area contributed by atoms with Crippen molar-refractivity contribution in [2.24, 2.45) is 7.05 Å². The number of aliphatic carboxylic acids is 1. The van der Waals surface area contributed by atoms with E-state index in [-0.39, 0.29) is 10.6 Å². The highest BCUT2D eigenvalue weighted by molar-refractivity contribution is 7.92. The number of aryl methyl sites for hydroxylation is 1. The lowest BCUT2D eigenvalue weighted by Crippen LogP contribution is -2.32. The number of hydrogen-bond donors (Lipinski definition) is 3. The van der Waals surface area contributed by atoms with E-state index in [1.807, 2.05) is 0 Å². The number of carboxylic acid groups (broad SMARTS) is 1. The van der Waals surface area contributed by atoms with Crippen LogP contribution in [0.1, 0.15) is 22.1 Å². The molecule has 0 aliphatic carbocycles. The van der Waals surface area contributed by atoms with Gasteiger partial charge in [0.25, 0.3) is 5.91 Å². The summed E-state index contributed by atoms with van der Waals surface area (Å²) in [5.74, 6) is -3.43. The number of rotatable bonds is 8. The molecule has 0 saturated carbocycles. The van der Waals surface area contributed by atoms with E-state index in [1.165, 1.54) is 59.3 Å². The minimum Gasteiger partial charge on any atom is -0.480 e. The summed E-state index contributed by atoms with van der Waals surface area (Å²) in [6.45, 7) is -0.463. The summed E-state index contributed by atoms with van der Waals surface area (Å²) in [6.07, 6.45) is 0. The van der Waals surface area contributed by atoms with E-state index < -0.39 is 45.9 Å². The molecule has 3 rings (SSSR count). The number of nitrogens with zero attached hydrogens (tertiary/aromatic N) is 2. The Morgan fingerprint density at radius 2 is 1.75 bits per heavy atom. The number of hydrogen-bond acceptors (Lipinski definition) is 6. The van der Waals surface area contributed by atoms with E-state index in [2.05, 4.69) is 10.4 Å². The van der Waals surface area contributed by atoms with Crippen LogP contribution in [0.3, 0.4) is 0 Å². The number of carbonyl (C=O) groups excluding carboxylic acids is 1.